The molecule has 0 atom stereocenters. The first-order chi connectivity index (χ1) is 14.3. The predicted octanol–water partition coefficient (Wildman–Crippen LogP) is 7.33. The normalized spacial score (nSPS) is 18.6. The van der Waals surface area contributed by atoms with Gasteiger partial charge in [0.25, 0.3) is 0 Å². The maximum Gasteiger partial charge on any atom is 0.417 e. The summed E-state index contributed by atoms with van der Waals surface area (Å²) in [5.41, 5.74) is 1.98. The van der Waals surface area contributed by atoms with Gasteiger partial charge in [-0.25, -0.2) is 0 Å². The van der Waals surface area contributed by atoms with Crippen LogP contribution in [0.5, 0.6) is 0 Å². The lowest BCUT2D eigenvalue weighted by molar-refractivity contribution is -0.137. The third kappa shape index (κ3) is 3.37. The van der Waals surface area contributed by atoms with Crippen LogP contribution in [0.25, 0.3) is 22.0 Å². The van der Waals surface area contributed by atoms with E-state index in [4.69, 9.17) is 16.4 Å². The van der Waals surface area contributed by atoms with Gasteiger partial charge < -0.3 is 9.82 Å². The zero-order valence-electron chi connectivity index (χ0n) is 16.2. The molecule has 0 radical (unpaired) electrons. The van der Waals surface area contributed by atoms with E-state index >= 15 is 0 Å². The fourth-order valence-corrected chi connectivity index (χ4v) is 4.90. The fourth-order valence-electron chi connectivity index (χ4n) is 4.62. The lowest BCUT2D eigenvalue weighted by Crippen LogP contribution is -2.31. The Morgan fingerprint density at radius 1 is 1.03 bits per heavy atom. The second-order valence-electron chi connectivity index (χ2n) is 8.20. The maximum atomic E-state index is 13.5. The van der Waals surface area contributed by atoms with Crippen LogP contribution in [-0.4, -0.2) is 16.3 Å². The first-order valence-electron chi connectivity index (χ1n) is 10.1. The Morgan fingerprint density at radius 2 is 1.80 bits per heavy atom. The van der Waals surface area contributed by atoms with E-state index in [0.29, 0.717) is 16.1 Å². The molecule has 156 valence electrons. The molecule has 2 aromatic carbocycles. The zero-order valence-corrected chi connectivity index (χ0v) is 16.9. The van der Waals surface area contributed by atoms with E-state index < -0.39 is 11.7 Å². The summed E-state index contributed by atoms with van der Waals surface area (Å²) in [6, 6.07) is 10.7. The van der Waals surface area contributed by atoms with E-state index in [2.05, 4.69) is 10.1 Å². The van der Waals surface area contributed by atoms with Gasteiger partial charge in [0.2, 0.25) is 0 Å². The number of halogens is 4. The number of alkyl halides is 3. The molecule has 0 saturated heterocycles. The molecule has 2 heterocycles. The number of benzene rings is 2. The van der Waals surface area contributed by atoms with Gasteiger partial charge in [-0.2, -0.15) is 13.2 Å². The smallest absolute Gasteiger partial charge is 0.389 e. The van der Waals surface area contributed by atoms with E-state index in [1.54, 1.807) is 18.2 Å². The van der Waals surface area contributed by atoms with Crippen LogP contribution in [0.3, 0.4) is 0 Å². The van der Waals surface area contributed by atoms with Crippen LogP contribution in [0.15, 0.2) is 47.6 Å². The molecule has 5 rings (SSSR count). The number of rotatable bonds is 2. The third-order valence-corrected chi connectivity index (χ3v) is 6.44. The molecular formula is C23H20ClF3N2O. The summed E-state index contributed by atoms with van der Waals surface area (Å²) >= 11 is 6.46. The van der Waals surface area contributed by atoms with Crippen molar-refractivity contribution < 1.29 is 18.0 Å². The minimum absolute atomic E-state index is 0.110. The number of oxime groups is 1. The van der Waals surface area contributed by atoms with E-state index in [9.17, 15) is 13.2 Å². The molecule has 1 aliphatic heterocycles. The van der Waals surface area contributed by atoms with Crippen molar-refractivity contribution in [2.75, 3.05) is 0 Å². The molecule has 1 saturated carbocycles. The van der Waals surface area contributed by atoms with Crippen LogP contribution < -0.4 is 0 Å². The second kappa shape index (κ2) is 7.05. The van der Waals surface area contributed by atoms with Gasteiger partial charge >= 0.3 is 6.18 Å². The lowest BCUT2D eigenvalue weighted by atomic mass is 9.81. The van der Waals surface area contributed by atoms with Crippen molar-refractivity contribution in [3.8, 4) is 11.1 Å². The fraction of sp³-hybridized carbons (Fsp3) is 0.348. The number of aromatic amines is 1. The molecule has 1 N–H and O–H groups in total. The van der Waals surface area contributed by atoms with Crippen molar-refractivity contribution in [3.63, 3.8) is 0 Å². The highest BCUT2D eigenvalue weighted by Crippen LogP contribution is 2.41. The summed E-state index contributed by atoms with van der Waals surface area (Å²) in [6.07, 6.45) is 1.81. The number of H-pyrrole nitrogens is 1. The molecule has 0 amide bonds. The highest BCUT2D eigenvalue weighted by molar-refractivity contribution is 6.35. The van der Waals surface area contributed by atoms with Gasteiger partial charge in [-0.15, -0.1) is 0 Å². The predicted molar refractivity (Wildman–Crippen MR) is 112 cm³/mol. The quantitative estimate of drug-likeness (QED) is 0.452. The van der Waals surface area contributed by atoms with Crippen LogP contribution in [0, 0.1) is 0 Å². The van der Waals surface area contributed by atoms with Gasteiger partial charge in [-0.3, -0.25) is 0 Å². The number of hydrogen-bond donors (Lipinski definition) is 1. The molecule has 0 bridgehead atoms. The standard InChI is InChI=1S/C23H20ClF3N2O/c24-18-11-14(16-6-2-3-7-17(16)23(25,26)27)10-15-12-19(28-21(15)18)20-13-22(30-29-20)8-4-1-5-9-22/h2-3,6-7,10-12,28H,1,4-5,8-9,13H2. The average Bonchev–Trinajstić information content (AvgIpc) is 3.33. The molecule has 0 unspecified atom stereocenters. The van der Waals surface area contributed by atoms with Gasteiger partial charge in [-0.05, 0) is 61.1 Å². The summed E-state index contributed by atoms with van der Waals surface area (Å²) in [6.45, 7) is 0. The highest BCUT2D eigenvalue weighted by atomic mass is 35.5. The summed E-state index contributed by atoms with van der Waals surface area (Å²) in [5.74, 6) is 0. The van der Waals surface area contributed by atoms with Crippen LogP contribution in [0.4, 0.5) is 13.2 Å². The highest BCUT2D eigenvalue weighted by Gasteiger charge is 2.40. The zero-order chi connectivity index (χ0) is 20.9. The van der Waals surface area contributed by atoms with Crippen LogP contribution in [0.2, 0.25) is 5.02 Å². The van der Waals surface area contributed by atoms with E-state index in [0.717, 1.165) is 55.0 Å². The summed E-state index contributed by atoms with van der Waals surface area (Å²) in [4.78, 5) is 9.12. The van der Waals surface area contributed by atoms with E-state index in [1.165, 1.54) is 18.6 Å². The first kappa shape index (κ1) is 19.5. The van der Waals surface area contributed by atoms with Crippen LogP contribution >= 0.6 is 11.6 Å². The molecule has 1 fully saturated rings. The second-order valence-corrected chi connectivity index (χ2v) is 8.61. The molecule has 3 nitrogen and oxygen atoms in total. The van der Waals surface area contributed by atoms with Gasteiger partial charge in [0.05, 0.1) is 21.8 Å². The lowest BCUT2D eigenvalue weighted by Gasteiger charge is -2.30. The minimum Gasteiger partial charge on any atom is -0.389 e. The maximum absolute atomic E-state index is 13.5. The number of hydrogen-bond acceptors (Lipinski definition) is 2. The Morgan fingerprint density at radius 3 is 2.57 bits per heavy atom. The molecule has 1 aliphatic carbocycles. The van der Waals surface area contributed by atoms with Gasteiger partial charge in [0, 0.05) is 11.8 Å². The molecule has 7 heteroatoms. The topological polar surface area (TPSA) is 37.4 Å². The molecule has 3 aromatic rings. The Kier molecular flexibility index (Phi) is 4.58. The van der Waals surface area contributed by atoms with Crippen LogP contribution in [-0.2, 0) is 11.0 Å². The Hall–Kier alpha value is -2.47. The molecule has 1 spiro atoms. The summed E-state index contributed by atoms with van der Waals surface area (Å²) < 4.78 is 40.4. The molecule has 30 heavy (non-hydrogen) atoms. The van der Waals surface area contributed by atoms with Crippen molar-refractivity contribution in [1.29, 1.82) is 0 Å². The largest absolute Gasteiger partial charge is 0.417 e. The monoisotopic (exact) mass is 432 g/mol. The average molecular weight is 433 g/mol. The van der Waals surface area contributed by atoms with Gasteiger partial charge in [-0.1, -0.05) is 41.4 Å². The third-order valence-electron chi connectivity index (χ3n) is 6.14. The number of nitrogens with zero attached hydrogens (tertiary/aromatic N) is 1. The van der Waals surface area contributed by atoms with Gasteiger partial charge in [0.15, 0.2) is 0 Å². The molecule has 1 aromatic heterocycles. The van der Waals surface area contributed by atoms with Crippen molar-refractivity contribution in [3.05, 3.63) is 58.7 Å². The van der Waals surface area contributed by atoms with Crippen molar-refractivity contribution in [1.82, 2.24) is 4.98 Å². The molecule has 2 aliphatic rings. The van der Waals surface area contributed by atoms with Crippen LogP contribution in [0.1, 0.15) is 49.8 Å². The molecular weight excluding hydrogens is 413 g/mol. The summed E-state index contributed by atoms with van der Waals surface area (Å²) in [7, 11) is 0. The Bertz CT molecular complexity index is 1140. The number of aromatic nitrogens is 1. The Balaban J connectivity index is 1.52. The minimum atomic E-state index is -4.44. The van der Waals surface area contributed by atoms with Crippen molar-refractivity contribution in [2.45, 2.75) is 50.3 Å². The first-order valence-corrected chi connectivity index (χ1v) is 10.5. The van der Waals surface area contributed by atoms with E-state index in [-0.39, 0.29) is 11.2 Å². The number of nitrogens with one attached hydrogen (secondary N) is 1. The van der Waals surface area contributed by atoms with E-state index in [1.807, 2.05) is 6.07 Å². The number of fused-ring (bicyclic) bond motifs is 1. The van der Waals surface area contributed by atoms with Crippen molar-refractivity contribution in [2.24, 2.45) is 5.16 Å². The SMILES string of the molecule is FC(F)(F)c1ccccc1-c1cc(Cl)c2[nH]c(C3=NOC4(CCCCC4)C3)cc2c1. The Labute approximate surface area is 176 Å². The summed E-state index contributed by atoms with van der Waals surface area (Å²) in [5, 5.41) is 5.45. The van der Waals surface area contributed by atoms with Gasteiger partial charge in [0.1, 0.15) is 11.3 Å². The van der Waals surface area contributed by atoms with Crippen molar-refractivity contribution >= 4 is 28.2 Å².